The molecular formula is C9H17NO2S. The molecule has 0 aliphatic carbocycles. The summed E-state index contributed by atoms with van der Waals surface area (Å²) in [5.74, 6) is 0.476. The molecule has 0 saturated carbocycles. The van der Waals surface area contributed by atoms with Gasteiger partial charge in [0.2, 0.25) is 5.91 Å². The van der Waals surface area contributed by atoms with Crippen LogP contribution in [0.15, 0.2) is 0 Å². The summed E-state index contributed by atoms with van der Waals surface area (Å²) < 4.78 is 0. The first kappa shape index (κ1) is 12.5. The fourth-order valence-electron chi connectivity index (χ4n) is 1.05. The Morgan fingerprint density at radius 2 is 1.92 bits per heavy atom. The van der Waals surface area contributed by atoms with Crippen LogP contribution >= 0.6 is 11.8 Å². The van der Waals surface area contributed by atoms with E-state index in [2.05, 4.69) is 0 Å². The fraction of sp³-hybridized carbons (Fsp3) is 0.778. The third kappa shape index (κ3) is 6.63. The van der Waals surface area contributed by atoms with Crippen LogP contribution in [-0.4, -0.2) is 16.8 Å². The Labute approximate surface area is 83.4 Å². The Hall–Kier alpha value is -0.510. The first-order valence-corrected chi connectivity index (χ1v) is 5.34. The Balaban J connectivity index is 3.95. The maximum Gasteiger partial charge on any atom is 0.221 e. The third-order valence-corrected chi connectivity index (χ3v) is 2.62. The lowest BCUT2D eigenvalue weighted by atomic mass is 9.98. The molecule has 3 nitrogen and oxygen atoms in total. The number of hydrogen-bond donors (Lipinski definition) is 1. The summed E-state index contributed by atoms with van der Waals surface area (Å²) in [5, 5.41) is 0.0370. The van der Waals surface area contributed by atoms with E-state index < -0.39 is 0 Å². The molecule has 1 atom stereocenters. The lowest BCUT2D eigenvalue weighted by Gasteiger charge is -2.13. The summed E-state index contributed by atoms with van der Waals surface area (Å²) in [6.07, 6.45) is 0.760. The van der Waals surface area contributed by atoms with Gasteiger partial charge in [-0.15, -0.1) is 0 Å². The maximum atomic E-state index is 10.9. The fourth-order valence-corrected chi connectivity index (χ4v) is 1.79. The van der Waals surface area contributed by atoms with Crippen LogP contribution in [0.1, 0.15) is 27.2 Å². The van der Waals surface area contributed by atoms with Crippen LogP contribution in [0.5, 0.6) is 0 Å². The van der Waals surface area contributed by atoms with Crippen LogP contribution in [0.4, 0.5) is 0 Å². The van der Waals surface area contributed by atoms with Gasteiger partial charge in [-0.05, 0) is 12.3 Å². The van der Waals surface area contributed by atoms with Crippen molar-refractivity contribution in [2.75, 3.05) is 5.75 Å². The molecule has 0 aliphatic rings. The van der Waals surface area contributed by atoms with Crippen LogP contribution < -0.4 is 5.73 Å². The van der Waals surface area contributed by atoms with Crippen LogP contribution in [0.25, 0.3) is 0 Å². The van der Waals surface area contributed by atoms with Crippen LogP contribution in [0.2, 0.25) is 0 Å². The van der Waals surface area contributed by atoms with Gasteiger partial charge in [0.15, 0.2) is 5.12 Å². The molecule has 13 heavy (non-hydrogen) atoms. The predicted molar refractivity (Wildman–Crippen MR) is 55.3 cm³/mol. The van der Waals surface area contributed by atoms with Crippen molar-refractivity contribution in [1.29, 1.82) is 0 Å². The molecule has 0 aliphatic heterocycles. The van der Waals surface area contributed by atoms with Crippen molar-refractivity contribution < 1.29 is 9.59 Å². The number of nitrogens with two attached hydrogens (primary N) is 1. The zero-order valence-electron chi connectivity index (χ0n) is 8.37. The van der Waals surface area contributed by atoms with Crippen molar-refractivity contribution >= 4 is 22.8 Å². The molecule has 0 bridgehead atoms. The second-order valence-corrected chi connectivity index (χ2v) is 4.73. The third-order valence-electron chi connectivity index (χ3n) is 1.65. The minimum Gasteiger partial charge on any atom is -0.369 e. The number of rotatable bonds is 5. The smallest absolute Gasteiger partial charge is 0.221 e. The molecule has 0 heterocycles. The normalized spacial score (nSPS) is 12.9. The van der Waals surface area contributed by atoms with Gasteiger partial charge in [-0.1, -0.05) is 25.6 Å². The summed E-state index contributed by atoms with van der Waals surface area (Å²) in [7, 11) is 0. The Morgan fingerprint density at radius 1 is 1.38 bits per heavy atom. The number of primary amides is 1. The van der Waals surface area contributed by atoms with E-state index in [1.807, 2.05) is 13.8 Å². The highest BCUT2D eigenvalue weighted by molar-refractivity contribution is 8.13. The van der Waals surface area contributed by atoms with E-state index in [4.69, 9.17) is 5.73 Å². The molecule has 4 heteroatoms. The van der Waals surface area contributed by atoms with Gasteiger partial charge in [0.25, 0.3) is 0 Å². The topological polar surface area (TPSA) is 60.2 Å². The zero-order valence-corrected chi connectivity index (χ0v) is 9.19. The molecule has 1 amide bonds. The van der Waals surface area contributed by atoms with E-state index in [9.17, 15) is 9.59 Å². The predicted octanol–water partition coefficient (Wildman–Crippen LogP) is 1.41. The van der Waals surface area contributed by atoms with Crippen molar-refractivity contribution in [3.8, 4) is 0 Å². The minimum absolute atomic E-state index is 0.0370. The van der Waals surface area contributed by atoms with E-state index >= 15 is 0 Å². The van der Waals surface area contributed by atoms with Gasteiger partial charge < -0.3 is 5.73 Å². The van der Waals surface area contributed by atoms with Gasteiger partial charge in [-0.25, -0.2) is 0 Å². The number of hydrogen-bond acceptors (Lipinski definition) is 3. The first-order valence-electron chi connectivity index (χ1n) is 4.36. The minimum atomic E-state index is -0.303. The van der Waals surface area contributed by atoms with Crippen LogP contribution in [0, 0.1) is 11.8 Å². The summed E-state index contributed by atoms with van der Waals surface area (Å²) >= 11 is 1.17. The number of carbonyl (C=O) groups excluding carboxylic acids is 2. The Kier molecular flexibility index (Phi) is 5.79. The van der Waals surface area contributed by atoms with Crippen molar-refractivity contribution in [2.24, 2.45) is 17.6 Å². The van der Waals surface area contributed by atoms with E-state index in [1.165, 1.54) is 18.7 Å². The monoisotopic (exact) mass is 203 g/mol. The van der Waals surface area contributed by atoms with Gasteiger partial charge in [0.05, 0.1) is 0 Å². The quantitative estimate of drug-likeness (QED) is 0.735. The molecule has 0 saturated heterocycles. The van der Waals surface area contributed by atoms with E-state index in [1.54, 1.807) is 0 Å². The molecule has 1 unspecified atom stereocenters. The van der Waals surface area contributed by atoms with Gasteiger partial charge in [0.1, 0.15) is 0 Å². The van der Waals surface area contributed by atoms with E-state index in [0.717, 1.165) is 6.42 Å². The van der Waals surface area contributed by atoms with Crippen LogP contribution in [0.3, 0.4) is 0 Å². The van der Waals surface area contributed by atoms with Gasteiger partial charge >= 0.3 is 0 Å². The molecule has 0 spiro atoms. The number of amides is 1. The Morgan fingerprint density at radius 3 is 2.23 bits per heavy atom. The first-order chi connectivity index (χ1) is 5.93. The molecule has 0 radical (unpaired) electrons. The maximum absolute atomic E-state index is 10.9. The average Bonchev–Trinajstić information content (AvgIpc) is 1.96. The van der Waals surface area contributed by atoms with Crippen molar-refractivity contribution in [2.45, 2.75) is 27.2 Å². The summed E-state index contributed by atoms with van der Waals surface area (Å²) in [5.41, 5.74) is 5.21. The SMILES string of the molecule is CC(=O)SCC(CC(C)C)C(N)=O. The molecule has 0 aromatic carbocycles. The molecule has 0 aromatic heterocycles. The van der Waals surface area contributed by atoms with E-state index in [0.29, 0.717) is 11.7 Å². The number of thioether (sulfide) groups is 1. The largest absolute Gasteiger partial charge is 0.369 e. The lowest BCUT2D eigenvalue weighted by Crippen LogP contribution is -2.26. The van der Waals surface area contributed by atoms with Gasteiger partial charge in [0, 0.05) is 18.6 Å². The van der Waals surface area contributed by atoms with Gasteiger partial charge in [-0.3, -0.25) is 9.59 Å². The highest BCUT2D eigenvalue weighted by atomic mass is 32.2. The molecule has 2 N–H and O–H groups in total. The second kappa shape index (κ2) is 6.02. The highest BCUT2D eigenvalue weighted by Gasteiger charge is 2.17. The molecular weight excluding hydrogens is 186 g/mol. The molecule has 0 fully saturated rings. The highest BCUT2D eigenvalue weighted by Crippen LogP contribution is 2.17. The van der Waals surface area contributed by atoms with Crippen LogP contribution in [-0.2, 0) is 9.59 Å². The summed E-state index contributed by atoms with van der Waals surface area (Å²) in [6.45, 7) is 5.57. The van der Waals surface area contributed by atoms with Crippen molar-refractivity contribution in [3.63, 3.8) is 0 Å². The standard InChI is InChI=1S/C9H17NO2S/c1-6(2)4-8(9(10)12)5-13-7(3)11/h6,8H,4-5H2,1-3H3,(H2,10,12). The molecule has 76 valence electrons. The summed E-state index contributed by atoms with van der Waals surface area (Å²) in [6, 6.07) is 0. The lowest BCUT2D eigenvalue weighted by molar-refractivity contribution is -0.121. The van der Waals surface area contributed by atoms with E-state index in [-0.39, 0.29) is 16.9 Å². The van der Waals surface area contributed by atoms with Crippen molar-refractivity contribution in [1.82, 2.24) is 0 Å². The molecule has 0 aromatic rings. The Bertz CT molecular complexity index is 192. The second-order valence-electron chi connectivity index (χ2n) is 3.53. The molecule has 0 rings (SSSR count). The van der Waals surface area contributed by atoms with Gasteiger partial charge in [-0.2, -0.15) is 0 Å². The zero-order chi connectivity index (χ0) is 10.4. The van der Waals surface area contributed by atoms with Crippen molar-refractivity contribution in [3.05, 3.63) is 0 Å². The number of carbonyl (C=O) groups is 2. The summed E-state index contributed by atoms with van der Waals surface area (Å²) in [4.78, 5) is 21.6. The average molecular weight is 203 g/mol.